The average Bonchev–Trinajstić information content (AvgIpc) is 3.23. The molecule has 2 fully saturated rings. The largest absolute Gasteiger partial charge is 0.393 e. The predicted molar refractivity (Wildman–Crippen MR) is 84.7 cm³/mol. The molecule has 0 heterocycles. The molecule has 0 spiro atoms. The van der Waals surface area contributed by atoms with Gasteiger partial charge in [-0.1, -0.05) is 24.3 Å². The Morgan fingerprint density at radius 1 is 1.05 bits per heavy atom. The van der Waals surface area contributed by atoms with Gasteiger partial charge >= 0.3 is 6.03 Å². The van der Waals surface area contributed by atoms with Crippen LogP contribution in [0.4, 0.5) is 4.79 Å². The highest BCUT2D eigenvalue weighted by Crippen LogP contribution is 2.54. The van der Waals surface area contributed by atoms with E-state index in [1.807, 2.05) is 0 Å². The number of carbonyl (C=O) groups excluding carboxylic acids is 1. The van der Waals surface area contributed by atoms with Crippen molar-refractivity contribution in [3.63, 3.8) is 0 Å². The van der Waals surface area contributed by atoms with Crippen molar-refractivity contribution in [2.75, 3.05) is 0 Å². The third kappa shape index (κ3) is 2.60. The van der Waals surface area contributed by atoms with E-state index in [0.717, 1.165) is 32.1 Å². The van der Waals surface area contributed by atoms with Gasteiger partial charge in [0.25, 0.3) is 0 Å². The van der Waals surface area contributed by atoms with Crippen LogP contribution in [0.1, 0.15) is 49.1 Å². The Labute approximate surface area is 131 Å². The summed E-state index contributed by atoms with van der Waals surface area (Å²) >= 11 is 0. The molecule has 118 valence electrons. The molecule has 1 aromatic carbocycles. The van der Waals surface area contributed by atoms with Gasteiger partial charge in [0, 0.05) is 18.0 Å². The molecule has 3 aliphatic rings. The van der Waals surface area contributed by atoms with Crippen molar-refractivity contribution in [3.05, 3.63) is 35.4 Å². The molecule has 0 saturated heterocycles. The second-order valence-corrected chi connectivity index (χ2v) is 7.08. The highest BCUT2D eigenvalue weighted by Gasteiger charge is 2.53. The van der Waals surface area contributed by atoms with Gasteiger partial charge in [0.15, 0.2) is 0 Å². The number of aliphatic hydroxyl groups excluding tert-OH is 1. The molecule has 3 unspecified atom stereocenters. The maximum Gasteiger partial charge on any atom is 0.315 e. The molecule has 4 nitrogen and oxygen atoms in total. The van der Waals surface area contributed by atoms with Gasteiger partial charge in [0.1, 0.15) is 0 Å². The molecule has 0 aliphatic heterocycles. The monoisotopic (exact) mass is 300 g/mol. The summed E-state index contributed by atoms with van der Waals surface area (Å²) in [5.74, 6) is 1.14. The number of rotatable bonds is 2. The minimum absolute atomic E-state index is 0.0294. The van der Waals surface area contributed by atoms with E-state index in [-0.39, 0.29) is 18.2 Å². The minimum atomic E-state index is -0.177. The van der Waals surface area contributed by atoms with Crippen LogP contribution in [-0.2, 0) is 6.42 Å². The number of aryl methyl sites for hydroxylation is 1. The third-order valence-electron chi connectivity index (χ3n) is 5.66. The van der Waals surface area contributed by atoms with Gasteiger partial charge in [-0.2, -0.15) is 0 Å². The van der Waals surface area contributed by atoms with Crippen LogP contribution in [0.25, 0.3) is 0 Å². The van der Waals surface area contributed by atoms with Gasteiger partial charge in [-0.05, 0) is 55.6 Å². The van der Waals surface area contributed by atoms with E-state index in [1.165, 1.54) is 17.5 Å². The Morgan fingerprint density at radius 2 is 1.82 bits per heavy atom. The van der Waals surface area contributed by atoms with E-state index < -0.39 is 0 Å². The molecule has 2 amide bonds. The lowest BCUT2D eigenvalue weighted by Crippen LogP contribution is -2.45. The SMILES string of the molecule is O=C(NC1CCC(O)CC1)NC1C2CCc3ccccc3C21. The Kier molecular flexibility index (Phi) is 3.57. The van der Waals surface area contributed by atoms with Crippen LogP contribution in [0, 0.1) is 5.92 Å². The van der Waals surface area contributed by atoms with E-state index in [2.05, 4.69) is 34.9 Å². The lowest BCUT2D eigenvalue weighted by molar-refractivity contribution is 0.117. The van der Waals surface area contributed by atoms with Crippen molar-refractivity contribution in [2.45, 2.75) is 62.6 Å². The zero-order valence-corrected chi connectivity index (χ0v) is 12.8. The maximum absolute atomic E-state index is 12.2. The van der Waals surface area contributed by atoms with Crippen molar-refractivity contribution >= 4 is 6.03 Å². The smallest absolute Gasteiger partial charge is 0.315 e. The molecule has 2 saturated carbocycles. The van der Waals surface area contributed by atoms with Crippen LogP contribution in [0.2, 0.25) is 0 Å². The van der Waals surface area contributed by atoms with Crippen molar-refractivity contribution in [3.8, 4) is 0 Å². The second kappa shape index (κ2) is 5.58. The maximum atomic E-state index is 12.2. The molecular formula is C18H24N2O2. The summed E-state index contributed by atoms with van der Waals surface area (Å²) in [5.41, 5.74) is 2.89. The fourth-order valence-corrected chi connectivity index (χ4v) is 4.36. The Balaban J connectivity index is 1.33. The average molecular weight is 300 g/mol. The van der Waals surface area contributed by atoms with Crippen molar-refractivity contribution in [1.82, 2.24) is 10.6 Å². The molecule has 3 aliphatic carbocycles. The molecule has 3 atom stereocenters. The zero-order chi connectivity index (χ0) is 15.1. The van der Waals surface area contributed by atoms with Crippen molar-refractivity contribution < 1.29 is 9.90 Å². The fraction of sp³-hybridized carbons (Fsp3) is 0.611. The number of fused-ring (bicyclic) bond motifs is 3. The van der Waals surface area contributed by atoms with Gasteiger partial charge in [-0.3, -0.25) is 0 Å². The van der Waals surface area contributed by atoms with Gasteiger partial charge < -0.3 is 15.7 Å². The quantitative estimate of drug-likeness (QED) is 0.785. The van der Waals surface area contributed by atoms with E-state index >= 15 is 0 Å². The summed E-state index contributed by atoms with van der Waals surface area (Å²) in [7, 11) is 0. The first-order valence-corrected chi connectivity index (χ1v) is 8.55. The highest BCUT2D eigenvalue weighted by molar-refractivity contribution is 5.75. The number of nitrogens with one attached hydrogen (secondary N) is 2. The highest BCUT2D eigenvalue weighted by atomic mass is 16.3. The predicted octanol–water partition coefficient (Wildman–Crippen LogP) is 2.32. The molecule has 22 heavy (non-hydrogen) atoms. The number of aliphatic hydroxyl groups is 1. The Morgan fingerprint density at radius 3 is 2.64 bits per heavy atom. The summed E-state index contributed by atoms with van der Waals surface area (Å²) in [6.07, 6.45) is 5.51. The summed E-state index contributed by atoms with van der Waals surface area (Å²) in [6.45, 7) is 0. The van der Waals surface area contributed by atoms with Crippen LogP contribution < -0.4 is 10.6 Å². The molecule has 0 bridgehead atoms. The van der Waals surface area contributed by atoms with E-state index in [0.29, 0.717) is 17.9 Å². The van der Waals surface area contributed by atoms with Crippen LogP contribution >= 0.6 is 0 Å². The fourth-order valence-electron chi connectivity index (χ4n) is 4.36. The zero-order valence-electron chi connectivity index (χ0n) is 12.8. The van der Waals surface area contributed by atoms with Crippen LogP contribution in [0.15, 0.2) is 24.3 Å². The topological polar surface area (TPSA) is 61.4 Å². The first kappa shape index (κ1) is 14.1. The summed E-state index contributed by atoms with van der Waals surface area (Å²) in [5, 5.41) is 15.8. The number of urea groups is 1. The number of hydrogen-bond donors (Lipinski definition) is 3. The van der Waals surface area contributed by atoms with Gasteiger partial charge in [-0.25, -0.2) is 4.79 Å². The summed E-state index contributed by atoms with van der Waals surface area (Å²) < 4.78 is 0. The van der Waals surface area contributed by atoms with Crippen molar-refractivity contribution in [2.24, 2.45) is 5.92 Å². The van der Waals surface area contributed by atoms with E-state index in [9.17, 15) is 9.90 Å². The first-order chi connectivity index (χ1) is 10.7. The summed E-state index contributed by atoms with van der Waals surface area (Å²) in [4.78, 5) is 12.2. The van der Waals surface area contributed by atoms with Gasteiger partial charge in [0.05, 0.1) is 6.10 Å². The third-order valence-corrected chi connectivity index (χ3v) is 5.66. The van der Waals surface area contributed by atoms with Crippen LogP contribution in [0.5, 0.6) is 0 Å². The molecule has 1 aromatic rings. The molecule has 0 aromatic heterocycles. The molecular weight excluding hydrogens is 276 g/mol. The summed E-state index contributed by atoms with van der Waals surface area (Å²) in [6, 6.07) is 9.13. The van der Waals surface area contributed by atoms with Crippen LogP contribution in [0.3, 0.4) is 0 Å². The Hall–Kier alpha value is -1.55. The number of hydrogen-bond acceptors (Lipinski definition) is 2. The van der Waals surface area contributed by atoms with Crippen molar-refractivity contribution in [1.29, 1.82) is 0 Å². The van der Waals surface area contributed by atoms with E-state index in [4.69, 9.17) is 0 Å². The molecule has 3 N–H and O–H groups in total. The minimum Gasteiger partial charge on any atom is -0.393 e. The number of amides is 2. The normalized spacial score (nSPS) is 36.0. The Bertz CT molecular complexity index is 566. The van der Waals surface area contributed by atoms with Gasteiger partial charge in [-0.15, -0.1) is 0 Å². The first-order valence-electron chi connectivity index (χ1n) is 8.55. The lowest BCUT2D eigenvalue weighted by atomic mass is 9.92. The molecule has 4 heteroatoms. The number of benzene rings is 1. The van der Waals surface area contributed by atoms with E-state index in [1.54, 1.807) is 0 Å². The molecule has 4 rings (SSSR count). The van der Waals surface area contributed by atoms with Crippen LogP contribution in [-0.4, -0.2) is 29.3 Å². The lowest BCUT2D eigenvalue weighted by Gasteiger charge is -2.26. The molecule has 0 radical (unpaired) electrons. The number of carbonyl (C=O) groups is 1. The standard InChI is InChI=1S/C18H24N2O2/c21-13-8-6-12(7-9-13)19-18(22)20-17-15-10-5-11-3-1-2-4-14(11)16(15)17/h1-4,12-13,15-17,21H,5-10H2,(H2,19,20,22). The second-order valence-electron chi connectivity index (χ2n) is 7.08. The van der Waals surface area contributed by atoms with Gasteiger partial charge in [0.2, 0.25) is 0 Å².